The summed E-state index contributed by atoms with van der Waals surface area (Å²) in [7, 11) is 5.40. The Kier molecular flexibility index (Phi) is 10.3. The lowest BCUT2D eigenvalue weighted by atomic mass is 10.1. The predicted molar refractivity (Wildman–Crippen MR) is 142 cm³/mol. The summed E-state index contributed by atoms with van der Waals surface area (Å²) in [4.78, 5) is 18.6. The topological polar surface area (TPSA) is 63.7 Å². The van der Waals surface area contributed by atoms with Crippen LogP contribution < -0.4 is 14.8 Å². The lowest BCUT2D eigenvalue weighted by molar-refractivity contribution is -0.120. The number of amides is 1. The van der Waals surface area contributed by atoms with Gasteiger partial charge in [0, 0.05) is 31.9 Å². The van der Waals surface area contributed by atoms with Crippen molar-refractivity contribution in [1.29, 1.82) is 0 Å². The van der Waals surface area contributed by atoms with Gasteiger partial charge in [-0.2, -0.15) is 0 Å². The number of nitrogens with zero attached hydrogens (tertiary/aromatic N) is 2. The smallest absolute Gasteiger partial charge is 0.223 e. The van der Waals surface area contributed by atoms with E-state index in [0.29, 0.717) is 13.0 Å². The van der Waals surface area contributed by atoms with Gasteiger partial charge in [-0.1, -0.05) is 48.6 Å². The van der Waals surface area contributed by atoms with Crippen LogP contribution >= 0.6 is 0 Å². The molecule has 1 amide bonds. The van der Waals surface area contributed by atoms with Crippen molar-refractivity contribution in [2.24, 2.45) is 0 Å². The molecule has 3 rings (SSSR count). The van der Waals surface area contributed by atoms with Gasteiger partial charge in [0.05, 0.1) is 14.2 Å². The van der Waals surface area contributed by atoms with E-state index >= 15 is 0 Å². The predicted octanol–water partition coefficient (Wildman–Crippen LogP) is 4.85. The molecule has 2 aromatic carbocycles. The van der Waals surface area contributed by atoms with Crippen LogP contribution in [0.15, 0.2) is 73.1 Å². The summed E-state index contributed by atoms with van der Waals surface area (Å²) in [6.07, 6.45) is 9.72. The van der Waals surface area contributed by atoms with Crippen LogP contribution in [0.1, 0.15) is 24.0 Å². The summed E-state index contributed by atoms with van der Waals surface area (Å²) in [6.45, 7) is 2.53. The Bertz CT molecular complexity index is 1080. The molecule has 0 spiro atoms. The van der Waals surface area contributed by atoms with Crippen LogP contribution in [0.4, 0.5) is 0 Å². The highest BCUT2D eigenvalue weighted by molar-refractivity contribution is 5.78. The zero-order valence-electron chi connectivity index (χ0n) is 20.9. The maximum absolute atomic E-state index is 12.1. The lowest BCUT2D eigenvalue weighted by Gasteiger charge is -2.17. The van der Waals surface area contributed by atoms with Gasteiger partial charge in [0.1, 0.15) is 0 Å². The molecule has 0 fully saturated rings. The molecule has 0 bridgehead atoms. The summed E-state index contributed by atoms with van der Waals surface area (Å²) in [6, 6.07) is 18.2. The first-order valence-corrected chi connectivity index (χ1v) is 11.9. The van der Waals surface area contributed by atoms with Gasteiger partial charge in [0.15, 0.2) is 11.5 Å². The third kappa shape index (κ3) is 8.58. The van der Waals surface area contributed by atoms with Crippen LogP contribution in [0.5, 0.6) is 11.5 Å². The van der Waals surface area contributed by atoms with Crippen molar-refractivity contribution in [3.05, 3.63) is 84.2 Å². The molecule has 0 saturated heterocycles. The highest BCUT2D eigenvalue weighted by Gasteiger charge is 2.06. The van der Waals surface area contributed by atoms with E-state index in [4.69, 9.17) is 9.47 Å². The third-order valence-electron chi connectivity index (χ3n) is 5.79. The summed E-state index contributed by atoms with van der Waals surface area (Å²) in [5, 5.41) is 3.00. The number of methoxy groups -OCH3 is 2. The number of ether oxygens (including phenoxy) is 2. The zero-order valence-corrected chi connectivity index (χ0v) is 20.9. The van der Waals surface area contributed by atoms with Gasteiger partial charge < -0.3 is 19.7 Å². The van der Waals surface area contributed by atoms with E-state index in [1.54, 1.807) is 20.4 Å². The number of aromatic nitrogens is 1. The van der Waals surface area contributed by atoms with Gasteiger partial charge in [-0.3, -0.25) is 9.78 Å². The van der Waals surface area contributed by atoms with E-state index in [-0.39, 0.29) is 5.91 Å². The molecule has 0 atom stereocenters. The molecule has 0 radical (unpaired) electrons. The molecule has 184 valence electrons. The van der Waals surface area contributed by atoms with Gasteiger partial charge in [-0.25, -0.2) is 0 Å². The summed E-state index contributed by atoms with van der Waals surface area (Å²) >= 11 is 0. The molecule has 1 aromatic heterocycles. The number of hydrogen-bond donors (Lipinski definition) is 1. The summed E-state index contributed by atoms with van der Waals surface area (Å²) in [5.41, 5.74) is 4.50. The standard InChI is InChI=1S/C29H35N3O3/c1-32(20-16-24-12-15-27(34-2)28(21-24)35-3)19-6-18-31-29(33)9-4-7-23-10-13-25(14-11-23)26-8-5-17-30-22-26/h4-5,7-8,10-15,17,21-22H,6,9,16,18-20H2,1-3H3,(H,31,33). The van der Waals surface area contributed by atoms with Crippen molar-refractivity contribution < 1.29 is 14.3 Å². The van der Waals surface area contributed by atoms with Gasteiger partial charge in [0.25, 0.3) is 0 Å². The number of carbonyl (C=O) groups excluding carboxylic acids is 1. The van der Waals surface area contributed by atoms with Gasteiger partial charge in [-0.05, 0) is 66.9 Å². The average molecular weight is 474 g/mol. The second-order valence-corrected chi connectivity index (χ2v) is 8.42. The Labute approximate surface area is 208 Å². The molecule has 35 heavy (non-hydrogen) atoms. The van der Waals surface area contributed by atoms with E-state index in [0.717, 1.165) is 54.1 Å². The van der Waals surface area contributed by atoms with Crippen LogP contribution in [0.2, 0.25) is 0 Å². The van der Waals surface area contributed by atoms with Crippen molar-refractivity contribution in [2.45, 2.75) is 19.3 Å². The van der Waals surface area contributed by atoms with Crippen molar-refractivity contribution in [2.75, 3.05) is 40.9 Å². The second-order valence-electron chi connectivity index (χ2n) is 8.42. The monoisotopic (exact) mass is 473 g/mol. The Balaban J connectivity index is 1.30. The van der Waals surface area contributed by atoms with Gasteiger partial charge >= 0.3 is 0 Å². The fourth-order valence-corrected chi connectivity index (χ4v) is 3.74. The number of likely N-dealkylation sites (N-methyl/N-ethyl adjacent to an activating group) is 1. The molecular weight excluding hydrogens is 438 g/mol. The fourth-order valence-electron chi connectivity index (χ4n) is 3.74. The molecule has 0 unspecified atom stereocenters. The highest BCUT2D eigenvalue weighted by Crippen LogP contribution is 2.27. The van der Waals surface area contributed by atoms with Crippen molar-refractivity contribution >= 4 is 12.0 Å². The average Bonchev–Trinajstić information content (AvgIpc) is 2.90. The van der Waals surface area contributed by atoms with Gasteiger partial charge in [-0.15, -0.1) is 0 Å². The largest absolute Gasteiger partial charge is 0.493 e. The first-order valence-electron chi connectivity index (χ1n) is 11.9. The van der Waals surface area contributed by atoms with Gasteiger partial charge in [0.2, 0.25) is 5.91 Å². The minimum Gasteiger partial charge on any atom is -0.493 e. The summed E-state index contributed by atoms with van der Waals surface area (Å²) in [5.74, 6) is 1.54. The van der Waals surface area contributed by atoms with Crippen LogP contribution in [0.25, 0.3) is 17.2 Å². The van der Waals surface area contributed by atoms with Crippen molar-refractivity contribution in [1.82, 2.24) is 15.2 Å². The molecule has 0 aliphatic heterocycles. The Morgan fingerprint density at radius 3 is 2.51 bits per heavy atom. The molecule has 0 aliphatic rings. The van der Waals surface area contributed by atoms with Crippen molar-refractivity contribution in [3.8, 4) is 22.6 Å². The number of nitrogens with one attached hydrogen (secondary N) is 1. The number of carbonyl (C=O) groups is 1. The van der Waals surface area contributed by atoms with Crippen molar-refractivity contribution in [3.63, 3.8) is 0 Å². The van der Waals surface area contributed by atoms with Crippen LogP contribution in [-0.2, 0) is 11.2 Å². The number of pyridine rings is 1. The lowest BCUT2D eigenvalue weighted by Crippen LogP contribution is -2.28. The van der Waals surface area contributed by atoms with Crippen LogP contribution in [-0.4, -0.2) is 56.7 Å². The molecule has 0 aliphatic carbocycles. The Morgan fingerprint density at radius 2 is 1.80 bits per heavy atom. The highest BCUT2D eigenvalue weighted by atomic mass is 16.5. The number of benzene rings is 2. The minimum absolute atomic E-state index is 0.0428. The number of hydrogen-bond acceptors (Lipinski definition) is 5. The van der Waals surface area contributed by atoms with Crippen LogP contribution in [0.3, 0.4) is 0 Å². The normalized spacial score (nSPS) is 11.1. The fraction of sp³-hybridized carbons (Fsp3) is 0.310. The van der Waals surface area contributed by atoms with E-state index < -0.39 is 0 Å². The molecule has 6 heteroatoms. The first kappa shape index (κ1) is 26.0. The maximum atomic E-state index is 12.1. The summed E-state index contributed by atoms with van der Waals surface area (Å²) < 4.78 is 10.7. The SMILES string of the molecule is COc1ccc(CCN(C)CCCNC(=O)CC=Cc2ccc(-c3cccnc3)cc2)cc1OC. The van der Waals surface area contributed by atoms with E-state index in [9.17, 15) is 4.79 Å². The van der Waals surface area contributed by atoms with Crippen LogP contribution in [0, 0.1) is 0 Å². The van der Waals surface area contributed by atoms with E-state index in [2.05, 4.69) is 52.6 Å². The zero-order chi connectivity index (χ0) is 24.9. The maximum Gasteiger partial charge on any atom is 0.223 e. The Morgan fingerprint density at radius 1 is 1.00 bits per heavy atom. The molecule has 3 aromatic rings. The van der Waals surface area contributed by atoms with E-state index in [1.165, 1.54) is 5.56 Å². The van der Waals surface area contributed by atoms with E-state index in [1.807, 2.05) is 42.6 Å². The number of rotatable bonds is 13. The molecular formula is C29H35N3O3. The Hall–Kier alpha value is -3.64. The molecule has 0 saturated carbocycles. The minimum atomic E-state index is 0.0428. The third-order valence-corrected chi connectivity index (χ3v) is 5.79. The quantitative estimate of drug-likeness (QED) is 0.360. The second kappa shape index (κ2) is 13.9. The first-order chi connectivity index (χ1) is 17.1. The molecule has 1 N–H and O–H groups in total. The molecule has 1 heterocycles. The molecule has 6 nitrogen and oxygen atoms in total.